The van der Waals surface area contributed by atoms with Crippen LogP contribution in [0.25, 0.3) is 10.2 Å². The van der Waals surface area contributed by atoms with E-state index in [1.54, 1.807) is 18.4 Å². The third-order valence-electron chi connectivity index (χ3n) is 6.67. The van der Waals surface area contributed by atoms with Crippen LogP contribution in [0, 0.1) is 5.92 Å². The molecule has 36 heavy (non-hydrogen) atoms. The van der Waals surface area contributed by atoms with Crippen LogP contribution in [0.1, 0.15) is 24.5 Å². The maximum Gasteiger partial charge on any atom is 0.223 e. The first-order valence-corrected chi connectivity index (χ1v) is 13.1. The second-order valence-electron chi connectivity index (χ2n) is 9.12. The van der Waals surface area contributed by atoms with Crippen molar-refractivity contribution in [2.75, 3.05) is 20.2 Å². The number of methoxy groups -OCH3 is 1. The number of nitrogens with zero attached hydrogens (tertiary/aromatic N) is 2. The third-order valence-corrected chi connectivity index (χ3v) is 7.53. The molecular weight excluding hydrogens is 472 g/mol. The van der Waals surface area contributed by atoms with Gasteiger partial charge in [-0.3, -0.25) is 4.79 Å². The van der Waals surface area contributed by atoms with Crippen LogP contribution in [-0.4, -0.2) is 42.1 Å². The number of hydrogen-bond donors (Lipinski definition) is 0. The Labute approximate surface area is 215 Å². The average molecular weight is 503 g/mol. The Hall–Kier alpha value is -3.58. The Kier molecular flexibility index (Phi) is 7.37. The van der Waals surface area contributed by atoms with Crippen molar-refractivity contribution in [2.45, 2.75) is 32.5 Å². The molecule has 2 heterocycles. The lowest BCUT2D eigenvalue weighted by Crippen LogP contribution is -2.30. The Balaban J connectivity index is 1.22. The zero-order valence-corrected chi connectivity index (χ0v) is 21.4. The maximum atomic E-state index is 12.7. The Morgan fingerprint density at radius 2 is 1.86 bits per heavy atom. The van der Waals surface area contributed by atoms with E-state index in [2.05, 4.69) is 24.0 Å². The number of amides is 1. The minimum Gasteiger partial charge on any atom is -0.497 e. The van der Waals surface area contributed by atoms with Crippen LogP contribution in [-0.2, 0) is 17.8 Å². The number of benzene rings is 3. The standard InChI is InChI=1S/C29H30N2O4S/c1-20(23-14-28(32)31(17-23)13-12-21-8-10-24(33-2)11-9-21)35-27-16-25(15-26-29(27)36-19-30-26)34-18-22-6-4-3-5-7-22/h3-11,15-16,19-20,23H,12-14,17-18H2,1-2H3/t20-,23-/m1/s1. The fourth-order valence-electron chi connectivity index (χ4n) is 4.51. The van der Waals surface area contributed by atoms with Crippen LogP contribution in [0.4, 0.5) is 0 Å². The van der Waals surface area contributed by atoms with E-state index in [-0.39, 0.29) is 17.9 Å². The molecule has 0 N–H and O–H groups in total. The van der Waals surface area contributed by atoms with Crippen molar-refractivity contribution in [3.05, 3.63) is 83.4 Å². The average Bonchev–Trinajstić information content (AvgIpc) is 3.54. The van der Waals surface area contributed by atoms with Gasteiger partial charge in [0.2, 0.25) is 5.91 Å². The summed E-state index contributed by atoms with van der Waals surface area (Å²) in [5.74, 6) is 2.64. The van der Waals surface area contributed by atoms with E-state index in [0.717, 1.165) is 39.4 Å². The molecule has 6 nitrogen and oxygen atoms in total. The lowest BCUT2D eigenvalue weighted by molar-refractivity contribution is -0.127. The van der Waals surface area contributed by atoms with Gasteiger partial charge in [-0.15, -0.1) is 11.3 Å². The largest absolute Gasteiger partial charge is 0.497 e. The van der Waals surface area contributed by atoms with Crippen molar-refractivity contribution in [3.8, 4) is 17.2 Å². The molecule has 0 bridgehead atoms. The lowest BCUT2D eigenvalue weighted by Gasteiger charge is -2.22. The summed E-state index contributed by atoms with van der Waals surface area (Å²) < 4.78 is 18.7. The van der Waals surface area contributed by atoms with Crippen molar-refractivity contribution < 1.29 is 19.0 Å². The SMILES string of the molecule is COc1ccc(CCN2C[C@H]([C@@H](C)Oc3cc(OCc4ccccc4)cc4ncsc34)CC2=O)cc1. The van der Waals surface area contributed by atoms with E-state index in [0.29, 0.717) is 26.1 Å². The number of aromatic nitrogens is 1. The first-order chi connectivity index (χ1) is 17.6. The van der Waals surface area contributed by atoms with Crippen molar-refractivity contribution in [1.82, 2.24) is 9.88 Å². The van der Waals surface area contributed by atoms with Gasteiger partial charge in [0.05, 0.1) is 22.8 Å². The van der Waals surface area contributed by atoms with Gasteiger partial charge in [0.1, 0.15) is 30.0 Å². The third kappa shape index (κ3) is 5.62. The summed E-state index contributed by atoms with van der Waals surface area (Å²) in [6.45, 7) is 3.93. The predicted octanol–water partition coefficient (Wildman–Crippen LogP) is 5.74. The zero-order valence-electron chi connectivity index (χ0n) is 20.6. The highest BCUT2D eigenvalue weighted by Crippen LogP contribution is 2.36. The van der Waals surface area contributed by atoms with E-state index in [4.69, 9.17) is 14.2 Å². The van der Waals surface area contributed by atoms with Gasteiger partial charge in [-0.05, 0) is 36.6 Å². The number of carbonyl (C=O) groups excluding carboxylic acids is 1. The van der Waals surface area contributed by atoms with Gasteiger partial charge < -0.3 is 19.1 Å². The molecule has 186 valence electrons. The van der Waals surface area contributed by atoms with Gasteiger partial charge >= 0.3 is 0 Å². The van der Waals surface area contributed by atoms with E-state index in [9.17, 15) is 4.79 Å². The fourth-order valence-corrected chi connectivity index (χ4v) is 5.24. The highest BCUT2D eigenvalue weighted by atomic mass is 32.1. The molecule has 1 aliphatic heterocycles. The molecule has 2 atom stereocenters. The number of fused-ring (bicyclic) bond motifs is 1. The summed E-state index contributed by atoms with van der Waals surface area (Å²) in [6, 6.07) is 22.0. The molecule has 1 fully saturated rings. The van der Waals surface area contributed by atoms with E-state index in [1.807, 2.05) is 65.0 Å². The number of rotatable bonds is 10. The number of likely N-dealkylation sites (tertiary alicyclic amines) is 1. The molecular formula is C29H30N2O4S. The molecule has 0 unspecified atom stereocenters. The number of carbonyl (C=O) groups is 1. The van der Waals surface area contributed by atoms with Crippen LogP contribution in [0.15, 0.2) is 72.2 Å². The molecule has 4 aromatic rings. The second kappa shape index (κ2) is 11.0. The fraction of sp³-hybridized carbons (Fsp3) is 0.310. The Morgan fingerprint density at radius 3 is 2.64 bits per heavy atom. The quantitative estimate of drug-likeness (QED) is 0.277. The molecule has 0 radical (unpaired) electrons. The molecule has 0 spiro atoms. The minimum atomic E-state index is -0.116. The molecule has 1 aliphatic rings. The normalized spacial score (nSPS) is 16.3. The molecule has 3 aromatic carbocycles. The van der Waals surface area contributed by atoms with Crippen LogP contribution in [0.3, 0.4) is 0 Å². The molecule has 5 rings (SSSR count). The molecule has 1 aromatic heterocycles. The van der Waals surface area contributed by atoms with Crippen molar-refractivity contribution in [3.63, 3.8) is 0 Å². The maximum absolute atomic E-state index is 12.7. The number of thiazole rings is 1. The number of ether oxygens (including phenoxy) is 3. The van der Waals surface area contributed by atoms with Crippen molar-refractivity contribution in [2.24, 2.45) is 5.92 Å². The van der Waals surface area contributed by atoms with Crippen LogP contribution in [0.2, 0.25) is 0 Å². The molecule has 0 aliphatic carbocycles. The van der Waals surface area contributed by atoms with Gasteiger partial charge in [-0.2, -0.15) is 0 Å². The molecule has 1 amide bonds. The highest BCUT2D eigenvalue weighted by molar-refractivity contribution is 7.17. The Bertz CT molecular complexity index is 1310. The lowest BCUT2D eigenvalue weighted by atomic mass is 10.0. The highest BCUT2D eigenvalue weighted by Gasteiger charge is 2.34. The Morgan fingerprint density at radius 1 is 1.06 bits per heavy atom. The smallest absolute Gasteiger partial charge is 0.223 e. The number of hydrogen-bond acceptors (Lipinski definition) is 6. The molecule has 7 heteroatoms. The first kappa shape index (κ1) is 24.1. The summed E-state index contributed by atoms with van der Waals surface area (Å²) in [5, 5.41) is 0. The van der Waals surface area contributed by atoms with Crippen LogP contribution >= 0.6 is 11.3 Å². The van der Waals surface area contributed by atoms with Gasteiger partial charge in [0.25, 0.3) is 0 Å². The second-order valence-corrected chi connectivity index (χ2v) is 9.98. The summed E-state index contributed by atoms with van der Waals surface area (Å²) in [4.78, 5) is 19.2. The summed E-state index contributed by atoms with van der Waals surface area (Å²) >= 11 is 1.55. The summed E-state index contributed by atoms with van der Waals surface area (Å²) in [7, 11) is 1.66. The van der Waals surface area contributed by atoms with Crippen LogP contribution in [0.5, 0.6) is 17.2 Å². The summed E-state index contributed by atoms with van der Waals surface area (Å²) in [6.07, 6.45) is 1.20. The van der Waals surface area contributed by atoms with E-state index >= 15 is 0 Å². The van der Waals surface area contributed by atoms with Gasteiger partial charge in [0, 0.05) is 37.6 Å². The topological polar surface area (TPSA) is 60.9 Å². The van der Waals surface area contributed by atoms with E-state index < -0.39 is 0 Å². The first-order valence-electron chi connectivity index (χ1n) is 12.2. The van der Waals surface area contributed by atoms with Crippen LogP contribution < -0.4 is 14.2 Å². The van der Waals surface area contributed by atoms with E-state index in [1.165, 1.54) is 5.56 Å². The van der Waals surface area contributed by atoms with Gasteiger partial charge in [-0.1, -0.05) is 42.5 Å². The molecule has 0 saturated carbocycles. The zero-order chi connectivity index (χ0) is 24.9. The predicted molar refractivity (Wildman–Crippen MR) is 142 cm³/mol. The monoisotopic (exact) mass is 502 g/mol. The van der Waals surface area contributed by atoms with Crippen molar-refractivity contribution in [1.29, 1.82) is 0 Å². The summed E-state index contributed by atoms with van der Waals surface area (Å²) in [5.41, 5.74) is 4.97. The van der Waals surface area contributed by atoms with Gasteiger partial charge in [-0.25, -0.2) is 4.98 Å². The van der Waals surface area contributed by atoms with Crippen molar-refractivity contribution >= 4 is 27.5 Å². The molecule has 1 saturated heterocycles. The minimum absolute atomic E-state index is 0.116. The van der Waals surface area contributed by atoms with Gasteiger partial charge in [0.15, 0.2) is 0 Å².